The van der Waals surface area contributed by atoms with Crippen LogP contribution in [-0.2, 0) is 4.79 Å². The molecule has 0 spiro atoms. The van der Waals surface area contributed by atoms with E-state index in [1.807, 2.05) is 0 Å². The summed E-state index contributed by atoms with van der Waals surface area (Å²) in [5, 5.41) is 8.75. The first-order valence-corrected chi connectivity index (χ1v) is 7.39. The number of allylic oxidation sites excluding steroid dienone is 1. The minimum Gasteiger partial charge on any atom is -0.478 e. The number of hydrogen-bond acceptors (Lipinski definition) is 2. The van der Waals surface area contributed by atoms with Crippen molar-refractivity contribution in [2.24, 2.45) is 0 Å². The number of Topliss-reactive ketones (excluding diaryl/α,β-unsaturated/α-hetero) is 1. The quantitative estimate of drug-likeness (QED) is 0.331. The van der Waals surface area contributed by atoms with Crippen molar-refractivity contribution in [3.63, 3.8) is 0 Å². The molecule has 0 heterocycles. The van der Waals surface area contributed by atoms with E-state index in [4.69, 9.17) is 5.11 Å². The molecule has 1 N–H and O–H groups in total. The molecule has 0 aliphatic heterocycles. The lowest BCUT2D eigenvalue weighted by Crippen LogP contribution is -2.26. The fourth-order valence-corrected chi connectivity index (χ4v) is 2.43. The van der Waals surface area contributed by atoms with Gasteiger partial charge in [-0.25, -0.2) is 22.4 Å². The van der Waals surface area contributed by atoms with Gasteiger partial charge in [-0.1, -0.05) is 30.3 Å². The topological polar surface area (TPSA) is 54.4 Å². The third-order valence-corrected chi connectivity index (χ3v) is 3.69. The van der Waals surface area contributed by atoms with Crippen molar-refractivity contribution < 1.29 is 45.4 Å². The molecule has 0 saturated heterocycles. The summed E-state index contributed by atoms with van der Waals surface area (Å²) in [4.78, 5) is 23.5. The number of carbonyl (C=O) groups is 2. The Morgan fingerprint density at radius 3 is 1.96 bits per heavy atom. The van der Waals surface area contributed by atoms with Gasteiger partial charge in [0.05, 0.1) is 5.56 Å². The Labute approximate surface area is 152 Å². The molecule has 1 atom stereocenters. The number of rotatable bonds is 5. The molecule has 0 aromatic heterocycles. The molecule has 0 aliphatic carbocycles. The van der Waals surface area contributed by atoms with Gasteiger partial charge in [0.1, 0.15) is 11.7 Å². The number of alkyl halides is 3. The second-order valence-electron chi connectivity index (χ2n) is 5.46. The average Bonchev–Trinajstić information content (AvgIpc) is 2.59. The number of carboxylic acids is 1. The fraction of sp³-hybridized carbons (Fsp3) is 0.111. The molecule has 2 rings (SSSR count). The summed E-state index contributed by atoms with van der Waals surface area (Å²) in [6.07, 6.45) is -5.68. The standard InChI is InChI=1S/C18H9F7O3/c19-10-7-6-9(13(20)14(10)21)16(26)11(8-4-2-1-3-5-8)15(22)12(17(27)28)18(23,24)25/h1-7,11H,(H,27,28). The summed E-state index contributed by atoms with van der Waals surface area (Å²) in [6.45, 7) is 0. The molecule has 3 nitrogen and oxygen atoms in total. The van der Waals surface area contributed by atoms with Gasteiger partial charge in [-0.15, -0.1) is 0 Å². The van der Waals surface area contributed by atoms with Crippen molar-refractivity contribution in [2.45, 2.75) is 12.1 Å². The van der Waals surface area contributed by atoms with E-state index in [1.165, 1.54) is 18.2 Å². The summed E-state index contributed by atoms with van der Waals surface area (Å²) < 4.78 is 94.0. The van der Waals surface area contributed by atoms with E-state index < -0.39 is 63.8 Å². The first-order valence-electron chi connectivity index (χ1n) is 7.39. The van der Waals surface area contributed by atoms with Gasteiger partial charge >= 0.3 is 12.1 Å². The number of carbonyl (C=O) groups excluding carboxylic acids is 1. The molecule has 0 radical (unpaired) electrons. The van der Waals surface area contributed by atoms with Gasteiger partial charge in [0.2, 0.25) is 0 Å². The molecule has 148 valence electrons. The van der Waals surface area contributed by atoms with Crippen LogP contribution in [0.1, 0.15) is 21.8 Å². The number of carboxylic acid groups (broad SMARTS) is 1. The van der Waals surface area contributed by atoms with Crippen LogP contribution in [-0.4, -0.2) is 23.0 Å². The number of aliphatic carboxylic acids is 1. The average molecular weight is 406 g/mol. The SMILES string of the molecule is O=C(O)C(=C(F)C(C(=O)c1ccc(F)c(F)c1F)c1ccccc1)C(F)(F)F. The lowest BCUT2D eigenvalue weighted by atomic mass is 9.87. The van der Waals surface area contributed by atoms with Gasteiger partial charge < -0.3 is 5.11 Å². The minimum absolute atomic E-state index is 0.331. The van der Waals surface area contributed by atoms with Crippen LogP contribution in [0.2, 0.25) is 0 Å². The van der Waals surface area contributed by atoms with Crippen LogP contribution >= 0.6 is 0 Å². The summed E-state index contributed by atoms with van der Waals surface area (Å²) in [7, 11) is 0. The first kappa shape index (κ1) is 21.1. The molecule has 0 bridgehead atoms. The Morgan fingerprint density at radius 1 is 0.893 bits per heavy atom. The monoisotopic (exact) mass is 406 g/mol. The second-order valence-corrected chi connectivity index (χ2v) is 5.46. The highest BCUT2D eigenvalue weighted by molar-refractivity contribution is 6.04. The van der Waals surface area contributed by atoms with Gasteiger partial charge in [-0.2, -0.15) is 13.2 Å². The smallest absolute Gasteiger partial charge is 0.425 e. The maximum atomic E-state index is 14.7. The normalized spacial score (nSPS) is 13.7. The molecule has 0 aliphatic rings. The summed E-state index contributed by atoms with van der Waals surface area (Å²) in [5.74, 6) is -15.2. The van der Waals surface area contributed by atoms with E-state index >= 15 is 0 Å². The zero-order valence-electron chi connectivity index (χ0n) is 13.5. The lowest BCUT2D eigenvalue weighted by molar-refractivity contribution is -0.145. The van der Waals surface area contributed by atoms with E-state index in [9.17, 15) is 40.3 Å². The van der Waals surface area contributed by atoms with Crippen LogP contribution in [0.15, 0.2) is 53.9 Å². The third-order valence-electron chi connectivity index (χ3n) is 3.69. The molecule has 0 saturated carbocycles. The highest BCUT2D eigenvalue weighted by Gasteiger charge is 2.45. The molecular weight excluding hydrogens is 397 g/mol. The predicted molar refractivity (Wildman–Crippen MR) is 81.7 cm³/mol. The van der Waals surface area contributed by atoms with Crippen molar-refractivity contribution in [1.29, 1.82) is 0 Å². The molecule has 28 heavy (non-hydrogen) atoms. The van der Waals surface area contributed by atoms with Crippen LogP contribution in [0.3, 0.4) is 0 Å². The largest absolute Gasteiger partial charge is 0.478 e. The molecule has 2 aromatic carbocycles. The van der Waals surface area contributed by atoms with Crippen molar-refractivity contribution >= 4 is 11.8 Å². The van der Waals surface area contributed by atoms with E-state index in [-0.39, 0.29) is 0 Å². The Morgan fingerprint density at radius 2 is 1.46 bits per heavy atom. The van der Waals surface area contributed by atoms with E-state index in [2.05, 4.69) is 0 Å². The zero-order chi connectivity index (χ0) is 21.2. The van der Waals surface area contributed by atoms with Crippen molar-refractivity contribution in [3.05, 3.63) is 82.4 Å². The fourth-order valence-electron chi connectivity index (χ4n) is 2.43. The highest BCUT2D eigenvalue weighted by atomic mass is 19.4. The van der Waals surface area contributed by atoms with Crippen molar-refractivity contribution in [2.75, 3.05) is 0 Å². The first-order chi connectivity index (χ1) is 13.0. The molecule has 2 aromatic rings. The van der Waals surface area contributed by atoms with Crippen LogP contribution in [0.25, 0.3) is 0 Å². The molecule has 0 amide bonds. The Hall–Kier alpha value is -3.17. The Bertz CT molecular complexity index is 950. The highest BCUT2D eigenvalue weighted by Crippen LogP contribution is 2.38. The molecule has 10 heteroatoms. The van der Waals surface area contributed by atoms with Crippen LogP contribution < -0.4 is 0 Å². The molecular formula is C18H9F7O3. The maximum absolute atomic E-state index is 14.7. The van der Waals surface area contributed by atoms with Gasteiger partial charge in [0.15, 0.2) is 28.8 Å². The second kappa shape index (κ2) is 7.83. The molecule has 1 unspecified atom stereocenters. The van der Waals surface area contributed by atoms with E-state index in [0.717, 1.165) is 12.1 Å². The third kappa shape index (κ3) is 4.05. The van der Waals surface area contributed by atoms with E-state index in [1.54, 1.807) is 0 Å². The zero-order valence-corrected chi connectivity index (χ0v) is 13.5. The Kier molecular flexibility index (Phi) is 5.91. The minimum atomic E-state index is -5.68. The van der Waals surface area contributed by atoms with Crippen LogP contribution in [0, 0.1) is 17.5 Å². The summed E-state index contributed by atoms with van der Waals surface area (Å²) in [6, 6.07) is 6.53. The van der Waals surface area contributed by atoms with Crippen LogP contribution in [0.5, 0.6) is 0 Å². The number of halogens is 7. The maximum Gasteiger partial charge on any atom is 0.425 e. The van der Waals surface area contributed by atoms with Crippen molar-refractivity contribution in [3.8, 4) is 0 Å². The summed E-state index contributed by atoms with van der Waals surface area (Å²) in [5.41, 5.74) is -4.36. The summed E-state index contributed by atoms with van der Waals surface area (Å²) >= 11 is 0. The van der Waals surface area contributed by atoms with Gasteiger partial charge in [0.25, 0.3) is 0 Å². The van der Waals surface area contributed by atoms with Gasteiger partial charge in [-0.05, 0) is 17.7 Å². The Balaban J connectivity index is 2.77. The number of ketones is 1. The molecule has 0 fully saturated rings. The van der Waals surface area contributed by atoms with Gasteiger partial charge in [0, 0.05) is 0 Å². The number of hydrogen-bond donors (Lipinski definition) is 1. The van der Waals surface area contributed by atoms with E-state index in [0.29, 0.717) is 12.1 Å². The van der Waals surface area contributed by atoms with Crippen LogP contribution in [0.4, 0.5) is 30.7 Å². The lowest BCUT2D eigenvalue weighted by Gasteiger charge is -2.18. The predicted octanol–water partition coefficient (Wildman–Crippen LogP) is 4.94. The van der Waals surface area contributed by atoms with Crippen molar-refractivity contribution in [1.82, 2.24) is 0 Å². The number of benzene rings is 2. The van der Waals surface area contributed by atoms with Gasteiger partial charge in [-0.3, -0.25) is 4.79 Å².